The normalized spacial score (nSPS) is 11.0. The van der Waals surface area contributed by atoms with Gasteiger partial charge >= 0.3 is 0 Å². The van der Waals surface area contributed by atoms with E-state index in [-0.39, 0.29) is 11.7 Å². The number of aromatic nitrogens is 2. The average Bonchev–Trinajstić information content (AvgIpc) is 2.31. The summed E-state index contributed by atoms with van der Waals surface area (Å²) in [6.45, 7) is 5.77. The van der Waals surface area contributed by atoms with Gasteiger partial charge in [-0.2, -0.15) is 0 Å². The van der Waals surface area contributed by atoms with E-state index in [0.29, 0.717) is 22.1 Å². The lowest BCUT2D eigenvalue weighted by Gasteiger charge is -2.08. The first-order chi connectivity index (χ1) is 8.47. The lowest BCUT2D eigenvalue weighted by molar-refractivity contribution is 0.619. The largest absolute Gasteiger partial charge is 0.233 e. The van der Waals surface area contributed by atoms with Crippen LogP contribution >= 0.6 is 11.6 Å². The highest BCUT2D eigenvalue weighted by Crippen LogP contribution is 2.23. The first-order valence-electron chi connectivity index (χ1n) is 5.78. The Morgan fingerprint density at radius 3 is 2.50 bits per heavy atom. The van der Waals surface area contributed by atoms with Gasteiger partial charge in [-0.1, -0.05) is 37.6 Å². The summed E-state index contributed by atoms with van der Waals surface area (Å²) < 4.78 is 13.5. The summed E-state index contributed by atoms with van der Waals surface area (Å²) in [4.78, 5) is 8.56. The van der Waals surface area contributed by atoms with Crippen LogP contribution < -0.4 is 0 Å². The maximum Gasteiger partial charge on any atom is 0.161 e. The maximum atomic E-state index is 13.5. The molecule has 2 nitrogen and oxygen atoms in total. The molecule has 0 aliphatic heterocycles. The fourth-order valence-electron chi connectivity index (χ4n) is 1.59. The Hall–Kier alpha value is -1.48. The molecular formula is C14H14ClFN2. The third-order valence-corrected chi connectivity index (χ3v) is 2.93. The van der Waals surface area contributed by atoms with Crippen molar-refractivity contribution >= 4 is 11.6 Å². The fraction of sp³-hybridized carbons (Fsp3) is 0.286. The number of halogens is 2. The van der Waals surface area contributed by atoms with Crippen molar-refractivity contribution in [3.8, 4) is 11.4 Å². The fourth-order valence-corrected chi connectivity index (χ4v) is 1.78. The molecule has 0 unspecified atom stereocenters. The Bertz CT molecular complexity index is 582. The van der Waals surface area contributed by atoms with Crippen LogP contribution in [0.2, 0.25) is 5.15 Å². The lowest BCUT2D eigenvalue weighted by atomic mass is 10.1. The molecule has 1 aromatic carbocycles. The second kappa shape index (κ2) is 5.02. The van der Waals surface area contributed by atoms with Crippen molar-refractivity contribution in [1.29, 1.82) is 0 Å². The molecule has 1 aromatic heterocycles. The van der Waals surface area contributed by atoms with E-state index in [1.54, 1.807) is 25.1 Å². The van der Waals surface area contributed by atoms with Crippen LogP contribution in [0.4, 0.5) is 4.39 Å². The zero-order valence-corrected chi connectivity index (χ0v) is 11.3. The Balaban J connectivity index is 2.53. The molecule has 94 valence electrons. The minimum Gasteiger partial charge on any atom is -0.233 e. The van der Waals surface area contributed by atoms with Crippen LogP contribution in [0, 0.1) is 12.7 Å². The highest BCUT2D eigenvalue weighted by molar-refractivity contribution is 6.29. The molecule has 0 radical (unpaired) electrons. The van der Waals surface area contributed by atoms with Crippen LogP contribution in [0.1, 0.15) is 31.0 Å². The standard InChI is InChI=1S/C14H14ClFN2/c1-8(2)12-7-13(15)18-14(17-12)10-5-4-9(3)11(16)6-10/h4-8H,1-3H3. The number of nitrogens with zero attached hydrogens (tertiary/aromatic N) is 2. The third-order valence-electron chi connectivity index (χ3n) is 2.74. The van der Waals surface area contributed by atoms with Gasteiger partial charge in [0, 0.05) is 11.3 Å². The summed E-state index contributed by atoms with van der Waals surface area (Å²) >= 11 is 5.97. The van der Waals surface area contributed by atoms with Crippen molar-refractivity contribution in [1.82, 2.24) is 9.97 Å². The predicted octanol–water partition coefficient (Wildman–Crippen LogP) is 4.37. The second-order valence-electron chi connectivity index (χ2n) is 4.56. The molecule has 2 aromatic rings. The van der Waals surface area contributed by atoms with Gasteiger partial charge in [-0.05, 0) is 30.5 Å². The van der Waals surface area contributed by atoms with Crippen molar-refractivity contribution in [2.24, 2.45) is 0 Å². The van der Waals surface area contributed by atoms with Gasteiger partial charge in [0.1, 0.15) is 11.0 Å². The van der Waals surface area contributed by atoms with E-state index < -0.39 is 0 Å². The first kappa shape index (κ1) is 13.0. The van der Waals surface area contributed by atoms with Crippen molar-refractivity contribution in [2.75, 3.05) is 0 Å². The molecule has 18 heavy (non-hydrogen) atoms. The molecule has 0 bridgehead atoms. The van der Waals surface area contributed by atoms with E-state index in [9.17, 15) is 4.39 Å². The van der Waals surface area contributed by atoms with Crippen molar-refractivity contribution in [2.45, 2.75) is 26.7 Å². The van der Waals surface area contributed by atoms with Crippen LogP contribution in [-0.4, -0.2) is 9.97 Å². The molecular weight excluding hydrogens is 251 g/mol. The molecule has 2 rings (SSSR count). The van der Waals surface area contributed by atoms with Gasteiger partial charge in [-0.15, -0.1) is 0 Å². The van der Waals surface area contributed by atoms with Crippen molar-refractivity contribution in [3.05, 3.63) is 46.5 Å². The Labute approximate surface area is 111 Å². The molecule has 0 saturated heterocycles. The molecule has 0 amide bonds. The molecule has 0 spiro atoms. The van der Waals surface area contributed by atoms with Crippen LogP contribution in [0.5, 0.6) is 0 Å². The van der Waals surface area contributed by atoms with Gasteiger partial charge in [0.05, 0.1) is 0 Å². The highest BCUT2D eigenvalue weighted by atomic mass is 35.5. The Morgan fingerprint density at radius 1 is 1.17 bits per heavy atom. The molecule has 0 fully saturated rings. The summed E-state index contributed by atoms with van der Waals surface area (Å²) in [5.41, 5.74) is 2.10. The summed E-state index contributed by atoms with van der Waals surface area (Å²) in [6, 6.07) is 6.68. The van der Waals surface area contributed by atoms with E-state index in [4.69, 9.17) is 11.6 Å². The van der Waals surface area contributed by atoms with E-state index in [2.05, 4.69) is 9.97 Å². The Kier molecular flexibility index (Phi) is 3.62. The zero-order valence-electron chi connectivity index (χ0n) is 10.5. The van der Waals surface area contributed by atoms with Crippen molar-refractivity contribution < 1.29 is 4.39 Å². The van der Waals surface area contributed by atoms with Crippen LogP contribution in [-0.2, 0) is 0 Å². The highest BCUT2D eigenvalue weighted by Gasteiger charge is 2.10. The van der Waals surface area contributed by atoms with Crippen LogP contribution in [0.25, 0.3) is 11.4 Å². The summed E-state index contributed by atoms with van der Waals surface area (Å²) in [5, 5.41) is 0.379. The van der Waals surface area contributed by atoms with E-state index in [1.807, 2.05) is 13.8 Å². The molecule has 0 N–H and O–H groups in total. The number of hydrogen-bond acceptors (Lipinski definition) is 2. The first-order valence-corrected chi connectivity index (χ1v) is 6.16. The van der Waals surface area contributed by atoms with Gasteiger partial charge in [0.25, 0.3) is 0 Å². The van der Waals surface area contributed by atoms with Crippen LogP contribution in [0.15, 0.2) is 24.3 Å². The number of hydrogen-bond donors (Lipinski definition) is 0. The molecule has 0 aliphatic carbocycles. The summed E-state index contributed by atoms with van der Waals surface area (Å²) in [7, 11) is 0. The van der Waals surface area contributed by atoms with E-state index >= 15 is 0 Å². The topological polar surface area (TPSA) is 25.8 Å². The van der Waals surface area contributed by atoms with Gasteiger partial charge in [-0.25, -0.2) is 14.4 Å². The molecule has 4 heteroatoms. The van der Waals surface area contributed by atoms with Crippen molar-refractivity contribution in [3.63, 3.8) is 0 Å². The van der Waals surface area contributed by atoms with E-state index in [0.717, 1.165) is 5.69 Å². The molecule has 0 aliphatic rings. The number of aryl methyl sites for hydroxylation is 1. The second-order valence-corrected chi connectivity index (χ2v) is 4.95. The number of rotatable bonds is 2. The molecule has 0 saturated carbocycles. The van der Waals surface area contributed by atoms with Gasteiger partial charge in [-0.3, -0.25) is 0 Å². The minimum atomic E-state index is -0.262. The lowest BCUT2D eigenvalue weighted by Crippen LogP contribution is -1.98. The third kappa shape index (κ3) is 2.67. The van der Waals surface area contributed by atoms with Crippen LogP contribution in [0.3, 0.4) is 0 Å². The number of benzene rings is 1. The minimum absolute atomic E-state index is 0.250. The smallest absolute Gasteiger partial charge is 0.161 e. The summed E-state index contributed by atoms with van der Waals surface area (Å²) in [5.74, 6) is 0.451. The quantitative estimate of drug-likeness (QED) is 0.753. The summed E-state index contributed by atoms with van der Waals surface area (Å²) in [6.07, 6.45) is 0. The molecule has 0 atom stereocenters. The SMILES string of the molecule is Cc1ccc(-c2nc(Cl)cc(C(C)C)n2)cc1F. The molecule has 1 heterocycles. The monoisotopic (exact) mass is 264 g/mol. The Morgan fingerprint density at radius 2 is 1.89 bits per heavy atom. The maximum absolute atomic E-state index is 13.5. The van der Waals surface area contributed by atoms with E-state index in [1.165, 1.54) is 6.07 Å². The van der Waals surface area contributed by atoms with Gasteiger partial charge < -0.3 is 0 Å². The van der Waals surface area contributed by atoms with Gasteiger partial charge in [0.2, 0.25) is 0 Å². The van der Waals surface area contributed by atoms with Gasteiger partial charge in [0.15, 0.2) is 5.82 Å². The predicted molar refractivity (Wildman–Crippen MR) is 71.3 cm³/mol. The zero-order chi connectivity index (χ0) is 13.3. The average molecular weight is 265 g/mol.